The van der Waals surface area contributed by atoms with Gasteiger partial charge in [-0.2, -0.15) is 0 Å². The minimum atomic E-state index is -0.845. The summed E-state index contributed by atoms with van der Waals surface area (Å²) in [7, 11) is 1.49. The molecule has 2 atom stereocenters. The van der Waals surface area contributed by atoms with Crippen molar-refractivity contribution in [2.75, 3.05) is 20.2 Å². The van der Waals surface area contributed by atoms with Crippen molar-refractivity contribution in [1.29, 1.82) is 0 Å². The van der Waals surface area contributed by atoms with E-state index < -0.39 is 41.6 Å². The molecule has 0 radical (unpaired) electrons. The second-order valence-electron chi connectivity index (χ2n) is 10.4. The van der Waals surface area contributed by atoms with Crippen LogP contribution in [0.1, 0.15) is 44.5 Å². The molecule has 0 aliphatic rings. The molecule has 204 valence electrons. The number of carbonyl (C=O) groups excluding carboxylic acids is 2. The molecule has 0 saturated carbocycles. The number of aliphatic hydroxyl groups is 1. The molecule has 0 spiro atoms. The monoisotopic (exact) mass is 526 g/mol. The minimum absolute atomic E-state index is 0.104. The number of hydrogen-bond donors (Lipinski definition) is 3. The molecule has 0 aliphatic carbocycles. The summed E-state index contributed by atoms with van der Waals surface area (Å²) in [6.07, 6.45) is 1.92. The van der Waals surface area contributed by atoms with Gasteiger partial charge >= 0.3 is 0 Å². The number of nitrogens with two attached hydrogens (primary N) is 1. The molecule has 9 heteroatoms. The van der Waals surface area contributed by atoms with Crippen LogP contribution < -0.4 is 11.1 Å². The fourth-order valence-electron chi connectivity index (χ4n) is 4.70. The molecule has 1 unspecified atom stereocenters. The van der Waals surface area contributed by atoms with Gasteiger partial charge in [0.05, 0.1) is 12.1 Å². The third-order valence-corrected chi connectivity index (χ3v) is 6.50. The average Bonchev–Trinajstić information content (AvgIpc) is 3.28. The van der Waals surface area contributed by atoms with E-state index in [1.54, 1.807) is 12.3 Å². The number of nitrogens with one attached hydrogen (secondary N) is 1. The normalized spacial score (nSPS) is 13.2. The maximum Gasteiger partial charge on any atom is 0.248 e. The van der Waals surface area contributed by atoms with E-state index in [9.17, 15) is 23.5 Å². The Morgan fingerprint density at radius 2 is 1.79 bits per heavy atom. The number of aliphatic hydroxyl groups excluding tert-OH is 1. The van der Waals surface area contributed by atoms with Crippen LogP contribution >= 0.6 is 0 Å². The number of nitrogens with zero attached hydrogens (tertiary/aromatic N) is 2. The van der Waals surface area contributed by atoms with Gasteiger partial charge in [0.1, 0.15) is 18.2 Å². The van der Waals surface area contributed by atoms with Crippen LogP contribution in [0.4, 0.5) is 8.78 Å². The van der Waals surface area contributed by atoms with Crippen molar-refractivity contribution in [3.8, 4) is 11.1 Å². The minimum Gasteiger partial charge on any atom is -0.387 e. The molecule has 0 aliphatic heterocycles. The lowest BCUT2D eigenvalue weighted by Crippen LogP contribution is -2.47. The molecule has 4 N–H and O–H groups in total. The molecule has 0 fully saturated rings. The molecule has 3 rings (SSSR count). The lowest BCUT2D eigenvalue weighted by atomic mass is 9.82. The van der Waals surface area contributed by atoms with Gasteiger partial charge in [0.2, 0.25) is 11.8 Å². The zero-order chi connectivity index (χ0) is 28.0. The number of carbonyl (C=O) groups is 2. The van der Waals surface area contributed by atoms with Gasteiger partial charge in [-0.15, -0.1) is 0 Å². The van der Waals surface area contributed by atoms with Crippen LogP contribution in [-0.4, -0.2) is 52.6 Å². The van der Waals surface area contributed by atoms with Crippen molar-refractivity contribution in [3.05, 3.63) is 83.7 Å². The number of hydrogen-bond acceptors (Lipinski definition) is 4. The molecule has 1 heterocycles. The first-order chi connectivity index (χ1) is 18.0. The molecule has 38 heavy (non-hydrogen) atoms. The standard InChI is InChI=1S/C29H36F2N4O3/c1-29(2,3)27(35(26(37)18-36)13-12-24(32)28(38)33-4)25-14-20(22-15-21(30)10-11-23(22)31)17-34(25)16-19-8-6-5-7-9-19/h5-11,14-15,17,24,27,36H,12-13,16,18,32H2,1-4H3,(H,33,38)/t24-,27?/m0/s1. The molecule has 0 saturated heterocycles. The fourth-order valence-corrected chi connectivity index (χ4v) is 4.70. The van der Waals surface area contributed by atoms with Crippen LogP contribution in [0.2, 0.25) is 0 Å². The van der Waals surface area contributed by atoms with E-state index in [2.05, 4.69) is 5.32 Å². The van der Waals surface area contributed by atoms with Gasteiger partial charge in [0, 0.05) is 43.2 Å². The van der Waals surface area contributed by atoms with Gasteiger partial charge in [-0.1, -0.05) is 51.1 Å². The van der Waals surface area contributed by atoms with E-state index in [-0.39, 0.29) is 24.4 Å². The van der Waals surface area contributed by atoms with E-state index in [0.717, 1.165) is 23.8 Å². The molecular weight excluding hydrogens is 490 g/mol. The van der Waals surface area contributed by atoms with Crippen LogP contribution in [0, 0.1) is 17.0 Å². The Hall–Kier alpha value is -3.56. The van der Waals surface area contributed by atoms with Gasteiger partial charge in [0.25, 0.3) is 0 Å². The second-order valence-corrected chi connectivity index (χ2v) is 10.4. The highest BCUT2D eigenvalue weighted by molar-refractivity contribution is 5.81. The number of rotatable bonds is 10. The van der Waals surface area contributed by atoms with E-state index in [4.69, 9.17) is 5.73 Å². The lowest BCUT2D eigenvalue weighted by molar-refractivity contribution is -0.140. The van der Waals surface area contributed by atoms with Crippen LogP contribution in [0.3, 0.4) is 0 Å². The number of aromatic nitrogens is 1. The van der Waals surface area contributed by atoms with E-state index in [1.165, 1.54) is 11.9 Å². The SMILES string of the molecule is CNC(=O)[C@@H](N)CCN(C(=O)CO)C(c1cc(-c2cc(F)ccc2F)cn1Cc1ccccc1)C(C)(C)C. The van der Waals surface area contributed by atoms with Crippen molar-refractivity contribution >= 4 is 11.8 Å². The quantitative estimate of drug-likeness (QED) is 0.374. The zero-order valence-electron chi connectivity index (χ0n) is 22.2. The Labute approximate surface area is 222 Å². The Morgan fingerprint density at radius 1 is 1.11 bits per heavy atom. The first-order valence-electron chi connectivity index (χ1n) is 12.5. The number of likely N-dealkylation sites (N-methyl/N-ethyl adjacent to an activating group) is 1. The van der Waals surface area contributed by atoms with Gasteiger partial charge in [-0.3, -0.25) is 9.59 Å². The highest BCUT2D eigenvalue weighted by Crippen LogP contribution is 2.41. The van der Waals surface area contributed by atoms with Crippen molar-refractivity contribution in [2.24, 2.45) is 11.1 Å². The van der Waals surface area contributed by atoms with Gasteiger partial charge in [-0.05, 0) is 41.7 Å². The molecule has 2 aromatic carbocycles. The summed E-state index contributed by atoms with van der Waals surface area (Å²) in [6.45, 7) is 5.66. The third kappa shape index (κ3) is 6.85. The number of amides is 2. The van der Waals surface area contributed by atoms with Crippen LogP contribution in [-0.2, 0) is 16.1 Å². The average molecular weight is 527 g/mol. The van der Waals surface area contributed by atoms with E-state index in [1.807, 2.05) is 55.7 Å². The molecule has 3 aromatic rings. The fraction of sp³-hybridized carbons (Fsp3) is 0.379. The third-order valence-electron chi connectivity index (χ3n) is 6.50. The van der Waals surface area contributed by atoms with Gasteiger partial charge in [0.15, 0.2) is 0 Å². The largest absolute Gasteiger partial charge is 0.387 e. The maximum absolute atomic E-state index is 14.8. The van der Waals surface area contributed by atoms with E-state index >= 15 is 0 Å². The van der Waals surface area contributed by atoms with Crippen LogP contribution in [0.15, 0.2) is 60.8 Å². The van der Waals surface area contributed by atoms with Crippen molar-refractivity contribution in [2.45, 2.75) is 45.8 Å². The maximum atomic E-state index is 14.8. The zero-order valence-corrected chi connectivity index (χ0v) is 22.2. The van der Waals surface area contributed by atoms with Crippen molar-refractivity contribution < 1.29 is 23.5 Å². The summed E-state index contributed by atoms with van der Waals surface area (Å²) >= 11 is 0. The molecular formula is C29H36F2N4O3. The summed E-state index contributed by atoms with van der Waals surface area (Å²) in [5, 5.41) is 12.3. The van der Waals surface area contributed by atoms with Crippen molar-refractivity contribution in [3.63, 3.8) is 0 Å². The summed E-state index contributed by atoms with van der Waals surface area (Å²) in [4.78, 5) is 26.6. The highest BCUT2D eigenvalue weighted by Gasteiger charge is 2.37. The predicted molar refractivity (Wildman–Crippen MR) is 143 cm³/mol. The number of halogens is 2. The van der Waals surface area contributed by atoms with Crippen molar-refractivity contribution in [1.82, 2.24) is 14.8 Å². The Kier molecular flexibility index (Phi) is 9.40. The smallest absolute Gasteiger partial charge is 0.248 e. The number of benzene rings is 2. The Bertz CT molecular complexity index is 1250. The van der Waals surface area contributed by atoms with Crippen LogP contribution in [0.25, 0.3) is 11.1 Å². The summed E-state index contributed by atoms with van der Waals surface area (Å²) in [5.74, 6) is -2.02. The Morgan fingerprint density at radius 3 is 2.39 bits per heavy atom. The molecule has 1 aromatic heterocycles. The predicted octanol–water partition coefficient (Wildman–Crippen LogP) is 3.85. The lowest BCUT2D eigenvalue weighted by Gasteiger charge is -2.41. The molecule has 2 amide bonds. The van der Waals surface area contributed by atoms with Gasteiger partial charge < -0.3 is 25.6 Å². The van der Waals surface area contributed by atoms with Gasteiger partial charge in [-0.25, -0.2) is 8.78 Å². The first-order valence-corrected chi connectivity index (χ1v) is 12.5. The molecule has 0 bridgehead atoms. The molecule has 7 nitrogen and oxygen atoms in total. The second kappa shape index (κ2) is 12.3. The highest BCUT2D eigenvalue weighted by atomic mass is 19.1. The topological polar surface area (TPSA) is 101 Å². The first kappa shape index (κ1) is 29.0. The Balaban J connectivity index is 2.16. The van der Waals surface area contributed by atoms with Crippen LogP contribution in [0.5, 0.6) is 0 Å². The van der Waals surface area contributed by atoms with E-state index in [0.29, 0.717) is 17.8 Å². The summed E-state index contributed by atoms with van der Waals surface area (Å²) in [6, 6.07) is 13.3. The summed E-state index contributed by atoms with van der Waals surface area (Å²) < 4.78 is 30.8. The summed E-state index contributed by atoms with van der Waals surface area (Å²) in [5.41, 5.74) is 7.68.